The van der Waals surface area contributed by atoms with Crippen molar-refractivity contribution in [1.29, 1.82) is 0 Å². The molecule has 0 unspecified atom stereocenters. The molecule has 1 amide bonds. The predicted molar refractivity (Wildman–Crippen MR) is 80.4 cm³/mol. The number of benzene rings is 1. The lowest BCUT2D eigenvalue weighted by molar-refractivity contribution is 0.102. The first-order valence-electron chi connectivity index (χ1n) is 6.59. The van der Waals surface area contributed by atoms with Gasteiger partial charge in [0.05, 0.1) is 0 Å². The molecular formula is C14H14N4O2S. The minimum absolute atomic E-state index is 0.229. The van der Waals surface area contributed by atoms with E-state index in [0.717, 1.165) is 11.4 Å². The zero-order chi connectivity index (χ0) is 14.8. The van der Waals surface area contributed by atoms with Gasteiger partial charge in [0.25, 0.3) is 5.91 Å². The number of hydrogen-bond donors (Lipinski definition) is 1. The largest absolute Gasteiger partial charge is 0.443 e. The van der Waals surface area contributed by atoms with Crippen LogP contribution in [0.3, 0.4) is 0 Å². The van der Waals surface area contributed by atoms with Crippen LogP contribution in [0.4, 0.5) is 5.13 Å². The van der Waals surface area contributed by atoms with E-state index < -0.39 is 0 Å². The number of fused-ring (bicyclic) bond motifs is 1. The van der Waals surface area contributed by atoms with Gasteiger partial charge in [0.1, 0.15) is 10.5 Å². The first-order valence-corrected chi connectivity index (χ1v) is 7.40. The fourth-order valence-electron chi connectivity index (χ4n) is 1.90. The van der Waals surface area contributed by atoms with Crippen molar-refractivity contribution in [3.8, 4) is 0 Å². The number of carbonyl (C=O) groups excluding carboxylic acids is 1. The maximum absolute atomic E-state index is 12.2. The smallest absolute Gasteiger partial charge is 0.257 e. The number of nitrogens with one attached hydrogen (secondary N) is 1. The summed E-state index contributed by atoms with van der Waals surface area (Å²) in [6.45, 7) is 4.24. The Hall–Kier alpha value is -2.28. The molecule has 2 aromatic heterocycles. The predicted octanol–water partition coefficient (Wildman–Crippen LogP) is 3.13. The maximum Gasteiger partial charge on any atom is 0.257 e. The number of nitrogens with zero attached hydrogens (tertiary/aromatic N) is 3. The van der Waals surface area contributed by atoms with E-state index in [1.165, 1.54) is 17.7 Å². The Morgan fingerprint density at radius 2 is 2.24 bits per heavy atom. The summed E-state index contributed by atoms with van der Waals surface area (Å²) in [5, 5.41) is 12.3. The van der Waals surface area contributed by atoms with Crippen molar-refractivity contribution in [3.05, 3.63) is 35.2 Å². The molecule has 1 N–H and O–H groups in total. The molecule has 0 aliphatic rings. The first-order chi connectivity index (χ1) is 10.1. The van der Waals surface area contributed by atoms with Crippen LogP contribution in [-0.2, 0) is 6.42 Å². The van der Waals surface area contributed by atoms with E-state index in [1.807, 2.05) is 0 Å². The molecule has 3 rings (SSSR count). The molecule has 3 aromatic rings. The summed E-state index contributed by atoms with van der Waals surface area (Å²) in [7, 11) is 0. The quantitative estimate of drug-likeness (QED) is 0.800. The van der Waals surface area contributed by atoms with Gasteiger partial charge >= 0.3 is 0 Å². The fourth-order valence-corrected chi connectivity index (χ4v) is 2.85. The minimum Gasteiger partial charge on any atom is -0.443 e. The Labute approximate surface area is 125 Å². The highest BCUT2D eigenvalue weighted by molar-refractivity contribution is 7.15. The Bertz CT molecular complexity index is 778. The standard InChI is InChI=1S/C14H14N4O2S/c1-8(2)5-12-17-18-14(21-12)16-13(19)9-3-4-11-10(6-9)15-7-20-11/h3-4,6-8H,5H2,1-2H3,(H,16,18,19). The highest BCUT2D eigenvalue weighted by Gasteiger charge is 2.12. The van der Waals surface area contributed by atoms with Gasteiger partial charge in [-0.3, -0.25) is 10.1 Å². The van der Waals surface area contributed by atoms with Crippen molar-refractivity contribution < 1.29 is 9.21 Å². The van der Waals surface area contributed by atoms with Gasteiger partial charge in [0, 0.05) is 12.0 Å². The number of oxazole rings is 1. The molecular weight excluding hydrogens is 288 g/mol. The van der Waals surface area contributed by atoms with E-state index in [-0.39, 0.29) is 5.91 Å². The maximum atomic E-state index is 12.2. The molecule has 0 radical (unpaired) electrons. The normalized spacial score (nSPS) is 11.2. The highest BCUT2D eigenvalue weighted by Crippen LogP contribution is 2.20. The third kappa shape index (κ3) is 3.08. The highest BCUT2D eigenvalue weighted by atomic mass is 32.1. The van der Waals surface area contributed by atoms with Crippen molar-refractivity contribution in [2.24, 2.45) is 5.92 Å². The average Bonchev–Trinajstić information content (AvgIpc) is 3.06. The number of carbonyl (C=O) groups is 1. The zero-order valence-electron chi connectivity index (χ0n) is 11.7. The lowest BCUT2D eigenvalue weighted by Crippen LogP contribution is -2.11. The number of amides is 1. The second-order valence-corrected chi connectivity index (χ2v) is 6.15. The summed E-state index contributed by atoms with van der Waals surface area (Å²) >= 11 is 1.40. The second kappa shape index (κ2) is 5.61. The van der Waals surface area contributed by atoms with Gasteiger partial charge in [0.15, 0.2) is 12.0 Å². The summed E-state index contributed by atoms with van der Waals surface area (Å²) < 4.78 is 5.15. The molecule has 0 saturated heterocycles. The van der Waals surface area contributed by atoms with Gasteiger partial charge in [-0.2, -0.15) is 0 Å². The van der Waals surface area contributed by atoms with Gasteiger partial charge in [-0.05, 0) is 24.1 Å². The van der Waals surface area contributed by atoms with E-state index in [9.17, 15) is 4.79 Å². The van der Waals surface area contributed by atoms with Gasteiger partial charge < -0.3 is 4.42 Å². The molecule has 0 aliphatic heterocycles. The molecule has 7 heteroatoms. The molecule has 0 fully saturated rings. The van der Waals surface area contributed by atoms with Crippen LogP contribution in [0.2, 0.25) is 0 Å². The van der Waals surface area contributed by atoms with Crippen molar-refractivity contribution in [3.63, 3.8) is 0 Å². The van der Waals surface area contributed by atoms with Crippen LogP contribution < -0.4 is 5.32 Å². The number of rotatable bonds is 4. The monoisotopic (exact) mass is 302 g/mol. The van der Waals surface area contributed by atoms with Gasteiger partial charge in [-0.25, -0.2) is 4.98 Å². The third-order valence-electron chi connectivity index (χ3n) is 2.86. The molecule has 2 heterocycles. The van der Waals surface area contributed by atoms with Crippen LogP contribution in [0.5, 0.6) is 0 Å². The minimum atomic E-state index is -0.229. The van der Waals surface area contributed by atoms with Crippen molar-refractivity contribution in [2.75, 3.05) is 5.32 Å². The average molecular weight is 302 g/mol. The number of anilines is 1. The fraction of sp³-hybridized carbons (Fsp3) is 0.286. The van der Waals surface area contributed by atoms with E-state index in [0.29, 0.717) is 27.7 Å². The Balaban J connectivity index is 1.74. The van der Waals surface area contributed by atoms with E-state index in [4.69, 9.17) is 4.42 Å². The van der Waals surface area contributed by atoms with Crippen molar-refractivity contribution in [2.45, 2.75) is 20.3 Å². The summed E-state index contributed by atoms with van der Waals surface area (Å²) in [4.78, 5) is 16.2. The Morgan fingerprint density at radius 1 is 1.38 bits per heavy atom. The molecule has 0 spiro atoms. The third-order valence-corrected chi connectivity index (χ3v) is 3.72. The Kier molecular flexibility index (Phi) is 3.66. The lowest BCUT2D eigenvalue weighted by Gasteiger charge is -2.00. The Morgan fingerprint density at radius 3 is 3.05 bits per heavy atom. The van der Waals surface area contributed by atoms with Crippen LogP contribution in [0.25, 0.3) is 11.1 Å². The van der Waals surface area contributed by atoms with Crippen LogP contribution in [-0.4, -0.2) is 21.1 Å². The summed E-state index contributed by atoms with van der Waals surface area (Å²) in [5.41, 5.74) is 1.82. The second-order valence-electron chi connectivity index (χ2n) is 5.09. The van der Waals surface area contributed by atoms with Crippen molar-refractivity contribution >= 4 is 33.5 Å². The molecule has 0 aliphatic carbocycles. The molecule has 6 nitrogen and oxygen atoms in total. The molecule has 1 aromatic carbocycles. The molecule has 108 valence electrons. The van der Waals surface area contributed by atoms with Crippen LogP contribution in [0.15, 0.2) is 29.0 Å². The summed E-state index contributed by atoms with van der Waals surface area (Å²) in [6, 6.07) is 5.10. The summed E-state index contributed by atoms with van der Waals surface area (Å²) in [6.07, 6.45) is 2.22. The molecule has 21 heavy (non-hydrogen) atoms. The number of hydrogen-bond acceptors (Lipinski definition) is 6. The van der Waals surface area contributed by atoms with Gasteiger partial charge in [-0.1, -0.05) is 25.2 Å². The molecule has 0 saturated carbocycles. The van der Waals surface area contributed by atoms with Crippen molar-refractivity contribution in [1.82, 2.24) is 15.2 Å². The van der Waals surface area contributed by atoms with E-state index in [1.54, 1.807) is 18.2 Å². The van der Waals surface area contributed by atoms with Gasteiger partial charge in [0.2, 0.25) is 5.13 Å². The summed E-state index contributed by atoms with van der Waals surface area (Å²) in [5.74, 6) is 0.281. The first kappa shape index (κ1) is 13.7. The SMILES string of the molecule is CC(C)Cc1nnc(NC(=O)c2ccc3ocnc3c2)s1. The zero-order valence-corrected chi connectivity index (χ0v) is 12.5. The van der Waals surface area contributed by atoms with Crippen LogP contribution >= 0.6 is 11.3 Å². The van der Waals surface area contributed by atoms with Crippen LogP contribution in [0.1, 0.15) is 29.2 Å². The van der Waals surface area contributed by atoms with Crippen LogP contribution in [0, 0.1) is 5.92 Å². The van der Waals surface area contributed by atoms with E-state index >= 15 is 0 Å². The topological polar surface area (TPSA) is 80.9 Å². The lowest BCUT2D eigenvalue weighted by atomic mass is 10.1. The molecule has 0 bridgehead atoms. The van der Waals surface area contributed by atoms with E-state index in [2.05, 4.69) is 34.3 Å². The van der Waals surface area contributed by atoms with Gasteiger partial charge in [-0.15, -0.1) is 10.2 Å². The number of aromatic nitrogens is 3. The molecule has 0 atom stereocenters.